The van der Waals surface area contributed by atoms with E-state index in [1.807, 2.05) is 18.2 Å². The summed E-state index contributed by atoms with van der Waals surface area (Å²) in [6.07, 6.45) is 5.73. The van der Waals surface area contributed by atoms with E-state index in [1.165, 1.54) is 32.4 Å². The molecule has 4 rings (SSSR count). The molecule has 1 aliphatic heterocycles. The first-order chi connectivity index (χ1) is 13.7. The smallest absolute Gasteiger partial charge is 0.307 e. The van der Waals surface area contributed by atoms with E-state index in [9.17, 15) is 4.79 Å². The van der Waals surface area contributed by atoms with Gasteiger partial charge in [-0.3, -0.25) is 9.69 Å². The Kier molecular flexibility index (Phi) is 5.63. The second kappa shape index (κ2) is 8.48. The van der Waals surface area contributed by atoms with E-state index >= 15 is 0 Å². The molecule has 3 aromatic rings. The van der Waals surface area contributed by atoms with Crippen molar-refractivity contribution in [1.29, 1.82) is 0 Å². The highest BCUT2D eigenvalue weighted by molar-refractivity contribution is 5.90. The van der Waals surface area contributed by atoms with E-state index in [2.05, 4.69) is 34.1 Å². The summed E-state index contributed by atoms with van der Waals surface area (Å²) in [5.41, 5.74) is 3.88. The SMILES string of the molecule is O=C(O)Cc1c[nH]c2ccc(-c3cccc(OCCN4CCCCC4)c3)cc12. The first kappa shape index (κ1) is 18.6. The molecule has 0 bridgehead atoms. The van der Waals surface area contributed by atoms with Gasteiger partial charge in [-0.15, -0.1) is 0 Å². The quantitative estimate of drug-likeness (QED) is 0.642. The van der Waals surface area contributed by atoms with E-state index < -0.39 is 5.97 Å². The Morgan fingerprint density at radius 2 is 1.89 bits per heavy atom. The number of carboxylic acids is 1. The van der Waals surface area contributed by atoms with Crippen LogP contribution in [0.5, 0.6) is 5.75 Å². The van der Waals surface area contributed by atoms with E-state index in [0.717, 1.165) is 39.9 Å². The number of aromatic nitrogens is 1. The summed E-state index contributed by atoms with van der Waals surface area (Å²) in [5.74, 6) is 0.0461. The van der Waals surface area contributed by atoms with E-state index in [0.29, 0.717) is 6.61 Å². The van der Waals surface area contributed by atoms with Gasteiger partial charge in [0.25, 0.3) is 0 Å². The van der Waals surface area contributed by atoms with Crippen LogP contribution in [0.4, 0.5) is 0 Å². The largest absolute Gasteiger partial charge is 0.492 e. The second-order valence-electron chi connectivity index (χ2n) is 7.42. The molecule has 0 unspecified atom stereocenters. The Bertz CT molecular complexity index is 957. The minimum atomic E-state index is -0.824. The minimum Gasteiger partial charge on any atom is -0.492 e. The number of benzene rings is 2. The van der Waals surface area contributed by atoms with E-state index in [4.69, 9.17) is 9.84 Å². The van der Waals surface area contributed by atoms with E-state index in [-0.39, 0.29) is 6.42 Å². The molecule has 2 N–H and O–H groups in total. The normalized spacial score (nSPS) is 15.0. The van der Waals surface area contributed by atoms with Crippen LogP contribution in [0.2, 0.25) is 0 Å². The number of hydrogen-bond donors (Lipinski definition) is 2. The minimum absolute atomic E-state index is 0.0170. The molecule has 28 heavy (non-hydrogen) atoms. The van der Waals surface area contributed by atoms with Crippen LogP contribution in [0.3, 0.4) is 0 Å². The van der Waals surface area contributed by atoms with Crippen LogP contribution >= 0.6 is 0 Å². The van der Waals surface area contributed by atoms with Crippen molar-refractivity contribution in [3.05, 3.63) is 54.2 Å². The van der Waals surface area contributed by atoms with Crippen LogP contribution in [0, 0.1) is 0 Å². The number of likely N-dealkylation sites (tertiary alicyclic amines) is 1. The van der Waals surface area contributed by atoms with Crippen molar-refractivity contribution in [1.82, 2.24) is 9.88 Å². The molecule has 0 aliphatic carbocycles. The third kappa shape index (κ3) is 4.37. The number of piperidine rings is 1. The van der Waals surface area contributed by atoms with Gasteiger partial charge < -0.3 is 14.8 Å². The summed E-state index contributed by atoms with van der Waals surface area (Å²) in [6.45, 7) is 4.03. The van der Waals surface area contributed by atoms with Crippen LogP contribution in [0.25, 0.3) is 22.0 Å². The van der Waals surface area contributed by atoms with Crippen molar-refractivity contribution >= 4 is 16.9 Å². The lowest BCUT2D eigenvalue weighted by molar-refractivity contribution is -0.136. The molecule has 0 atom stereocenters. The standard InChI is InChI=1S/C23H26N2O3/c26-23(27)15-19-16-24-22-8-7-18(14-21(19)22)17-5-4-6-20(13-17)28-12-11-25-9-2-1-3-10-25/h4-8,13-14,16,24H,1-3,9-12,15H2,(H,26,27). The average Bonchev–Trinajstić information content (AvgIpc) is 3.10. The Morgan fingerprint density at radius 3 is 2.71 bits per heavy atom. The fourth-order valence-corrected chi connectivity index (χ4v) is 3.91. The Hall–Kier alpha value is -2.79. The predicted octanol–water partition coefficient (Wildman–Crippen LogP) is 4.33. The fraction of sp³-hybridized carbons (Fsp3) is 0.348. The van der Waals surface area contributed by atoms with Crippen LogP contribution in [-0.4, -0.2) is 47.2 Å². The van der Waals surface area contributed by atoms with Gasteiger partial charge >= 0.3 is 5.97 Å². The number of fused-ring (bicyclic) bond motifs is 1. The van der Waals surface area contributed by atoms with Gasteiger partial charge in [0.15, 0.2) is 0 Å². The molecular weight excluding hydrogens is 352 g/mol. The van der Waals surface area contributed by atoms with Crippen LogP contribution in [-0.2, 0) is 11.2 Å². The molecule has 0 radical (unpaired) electrons. The number of nitrogens with one attached hydrogen (secondary N) is 1. The highest BCUT2D eigenvalue weighted by Crippen LogP contribution is 2.29. The fourth-order valence-electron chi connectivity index (χ4n) is 3.91. The zero-order valence-corrected chi connectivity index (χ0v) is 16.0. The zero-order chi connectivity index (χ0) is 19.3. The molecule has 0 saturated carbocycles. The number of aromatic amines is 1. The number of aliphatic carboxylic acids is 1. The lowest BCUT2D eigenvalue weighted by atomic mass is 10.0. The Morgan fingerprint density at radius 1 is 1.07 bits per heavy atom. The lowest BCUT2D eigenvalue weighted by Gasteiger charge is -2.26. The number of carboxylic acid groups (broad SMARTS) is 1. The molecule has 1 fully saturated rings. The summed E-state index contributed by atoms with van der Waals surface area (Å²) in [6, 6.07) is 14.2. The maximum Gasteiger partial charge on any atom is 0.307 e. The third-order valence-corrected chi connectivity index (χ3v) is 5.40. The van der Waals surface area contributed by atoms with Gasteiger partial charge in [-0.25, -0.2) is 0 Å². The predicted molar refractivity (Wildman–Crippen MR) is 111 cm³/mol. The zero-order valence-electron chi connectivity index (χ0n) is 16.0. The molecule has 5 heteroatoms. The highest BCUT2D eigenvalue weighted by atomic mass is 16.5. The molecule has 2 aromatic carbocycles. The van der Waals surface area contributed by atoms with Crippen molar-refractivity contribution in [2.24, 2.45) is 0 Å². The second-order valence-corrected chi connectivity index (χ2v) is 7.42. The summed E-state index contributed by atoms with van der Waals surface area (Å²) in [5, 5.41) is 10.1. The van der Waals surface area contributed by atoms with Crippen molar-refractivity contribution in [2.45, 2.75) is 25.7 Å². The monoisotopic (exact) mass is 378 g/mol. The average molecular weight is 378 g/mol. The molecule has 1 saturated heterocycles. The number of rotatable bonds is 7. The van der Waals surface area contributed by atoms with Gasteiger partial charge in [0.2, 0.25) is 0 Å². The molecule has 1 aromatic heterocycles. The maximum absolute atomic E-state index is 11.1. The molecular formula is C23H26N2O3. The number of H-pyrrole nitrogens is 1. The van der Waals surface area contributed by atoms with Crippen molar-refractivity contribution < 1.29 is 14.6 Å². The van der Waals surface area contributed by atoms with Crippen molar-refractivity contribution in [3.63, 3.8) is 0 Å². The Labute approximate surface area is 164 Å². The first-order valence-corrected chi connectivity index (χ1v) is 9.96. The molecule has 2 heterocycles. The molecule has 0 amide bonds. The van der Waals surface area contributed by atoms with Gasteiger partial charge in [0.1, 0.15) is 12.4 Å². The topological polar surface area (TPSA) is 65.6 Å². The summed E-state index contributed by atoms with van der Waals surface area (Å²) in [4.78, 5) is 16.7. The van der Waals surface area contributed by atoms with Crippen LogP contribution in [0.1, 0.15) is 24.8 Å². The van der Waals surface area contributed by atoms with Gasteiger partial charge in [0.05, 0.1) is 6.42 Å². The van der Waals surface area contributed by atoms with Crippen molar-refractivity contribution in [3.8, 4) is 16.9 Å². The molecule has 0 spiro atoms. The van der Waals surface area contributed by atoms with Gasteiger partial charge in [-0.2, -0.15) is 0 Å². The number of carbonyl (C=O) groups is 1. The first-order valence-electron chi connectivity index (χ1n) is 9.96. The summed E-state index contributed by atoms with van der Waals surface area (Å²) >= 11 is 0. The molecule has 5 nitrogen and oxygen atoms in total. The maximum atomic E-state index is 11.1. The molecule has 146 valence electrons. The van der Waals surface area contributed by atoms with Crippen molar-refractivity contribution in [2.75, 3.05) is 26.2 Å². The number of ether oxygens (including phenoxy) is 1. The summed E-state index contributed by atoms with van der Waals surface area (Å²) < 4.78 is 5.99. The Balaban J connectivity index is 1.48. The van der Waals surface area contributed by atoms with Gasteiger partial charge in [0, 0.05) is 23.6 Å². The van der Waals surface area contributed by atoms with E-state index in [1.54, 1.807) is 6.20 Å². The molecule has 1 aliphatic rings. The lowest BCUT2D eigenvalue weighted by Crippen LogP contribution is -2.33. The van der Waals surface area contributed by atoms with Gasteiger partial charge in [-0.05, 0) is 66.9 Å². The summed E-state index contributed by atoms with van der Waals surface area (Å²) in [7, 11) is 0. The van der Waals surface area contributed by atoms with Crippen LogP contribution in [0.15, 0.2) is 48.7 Å². The third-order valence-electron chi connectivity index (χ3n) is 5.40. The highest BCUT2D eigenvalue weighted by Gasteiger charge is 2.11. The van der Waals surface area contributed by atoms with Gasteiger partial charge in [-0.1, -0.05) is 24.6 Å². The number of nitrogens with zero attached hydrogens (tertiary/aromatic N) is 1. The number of hydrogen-bond acceptors (Lipinski definition) is 3. The van der Waals surface area contributed by atoms with Crippen LogP contribution < -0.4 is 4.74 Å².